The molecule has 1 aromatic heterocycles. The van der Waals surface area contributed by atoms with Crippen molar-refractivity contribution in [3.63, 3.8) is 0 Å². The summed E-state index contributed by atoms with van der Waals surface area (Å²) in [6.45, 7) is 1.23. The molecule has 32 heavy (non-hydrogen) atoms. The lowest BCUT2D eigenvalue weighted by atomic mass is 9.82. The molecule has 0 radical (unpaired) electrons. The molecule has 2 aliphatic rings. The van der Waals surface area contributed by atoms with Crippen LogP contribution in [0.5, 0.6) is 11.5 Å². The summed E-state index contributed by atoms with van der Waals surface area (Å²) in [6.07, 6.45) is 3.66. The second-order valence-corrected chi connectivity index (χ2v) is 8.55. The van der Waals surface area contributed by atoms with Gasteiger partial charge in [0.25, 0.3) is 0 Å². The van der Waals surface area contributed by atoms with Gasteiger partial charge in [0.05, 0.1) is 36.8 Å². The average molecular weight is 453 g/mol. The summed E-state index contributed by atoms with van der Waals surface area (Å²) in [5, 5.41) is 7.25. The number of halogens is 1. The van der Waals surface area contributed by atoms with Crippen LogP contribution < -0.4 is 20.1 Å². The maximum Gasteiger partial charge on any atom is 0.321 e. The lowest BCUT2D eigenvalue weighted by Gasteiger charge is -2.46. The van der Waals surface area contributed by atoms with Crippen molar-refractivity contribution in [3.8, 4) is 17.2 Å². The second kappa shape index (κ2) is 7.98. The number of amides is 2. The molecule has 1 saturated heterocycles. The normalized spacial score (nSPS) is 16.0. The lowest BCUT2D eigenvalue weighted by Crippen LogP contribution is -2.51. The summed E-state index contributed by atoms with van der Waals surface area (Å²) in [5.41, 5.74) is 3.68. The van der Waals surface area contributed by atoms with Crippen LogP contribution in [0.2, 0.25) is 5.02 Å². The molecule has 0 aliphatic carbocycles. The molecule has 0 atom stereocenters. The van der Waals surface area contributed by atoms with Crippen molar-refractivity contribution in [2.45, 2.75) is 18.4 Å². The average Bonchev–Trinajstić information content (AvgIpc) is 3.31. The fourth-order valence-electron chi connectivity index (χ4n) is 4.70. The van der Waals surface area contributed by atoms with Crippen LogP contribution in [0.4, 0.5) is 16.2 Å². The Morgan fingerprint density at radius 2 is 1.91 bits per heavy atom. The van der Waals surface area contributed by atoms with E-state index in [9.17, 15) is 4.79 Å². The lowest BCUT2D eigenvalue weighted by molar-refractivity contribution is 0.174. The molecule has 7 nitrogen and oxygen atoms in total. The van der Waals surface area contributed by atoms with Crippen LogP contribution >= 0.6 is 11.6 Å². The molecule has 5 rings (SSSR count). The Kier molecular flexibility index (Phi) is 5.13. The highest BCUT2D eigenvalue weighted by molar-refractivity contribution is 6.31. The number of hydrogen-bond donors (Lipinski definition) is 2. The number of nitrogens with one attached hydrogen (secondary N) is 2. The number of urea groups is 1. The quantitative estimate of drug-likeness (QED) is 0.580. The number of ether oxygens (including phenoxy) is 2. The topological polar surface area (TPSA) is 67.8 Å². The zero-order valence-electron chi connectivity index (χ0n) is 18.0. The summed E-state index contributed by atoms with van der Waals surface area (Å²) >= 11 is 6.10. The van der Waals surface area contributed by atoms with E-state index in [0.29, 0.717) is 29.5 Å². The Morgan fingerprint density at radius 1 is 1.09 bits per heavy atom. The van der Waals surface area contributed by atoms with Gasteiger partial charge < -0.3 is 29.6 Å². The van der Waals surface area contributed by atoms with E-state index in [1.807, 2.05) is 17.0 Å². The molecule has 8 heteroatoms. The molecule has 2 aliphatic heterocycles. The van der Waals surface area contributed by atoms with Gasteiger partial charge in [0.2, 0.25) is 0 Å². The van der Waals surface area contributed by atoms with Gasteiger partial charge in [-0.3, -0.25) is 0 Å². The highest BCUT2D eigenvalue weighted by atomic mass is 35.5. The van der Waals surface area contributed by atoms with E-state index in [-0.39, 0.29) is 11.6 Å². The van der Waals surface area contributed by atoms with Crippen LogP contribution in [0.15, 0.2) is 54.7 Å². The third-order valence-electron chi connectivity index (χ3n) is 6.38. The van der Waals surface area contributed by atoms with Gasteiger partial charge in [-0.05, 0) is 55.3 Å². The summed E-state index contributed by atoms with van der Waals surface area (Å²) in [7, 11) is 3.24. The first-order chi connectivity index (χ1) is 15.5. The molecule has 3 aromatic rings. The summed E-state index contributed by atoms with van der Waals surface area (Å²) in [6, 6.07) is 15.3. The van der Waals surface area contributed by atoms with Gasteiger partial charge in [0.1, 0.15) is 11.5 Å². The van der Waals surface area contributed by atoms with Crippen LogP contribution in [0.25, 0.3) is 5.69 Å². The summed E-state index contributed by atoms with van der Waals surface area (Å²) in [4.78, 5) is 14.8. The number of methoxy groups -OCH3 is 2. The van der Waals surface area contributed by atoms with Crippen molar-refractivity contribution in [2.24, 2.45) is 0 Å². The van der Waals surface area contributed by atoms with Crippen LogP contribution in [0.1, 0.15) is 18.5 Å². The molecule has 3 heterocycles. The molecule has 166 valence electrons. The molecule has 1 fully saturated rings. The Labute approximate surface area is 191 Å². The van der Waals surface area contributed by atoms with Crippen molar-refractivity contribution in [1.82, 2.24) is 9.47 Å². The number of anilines is 2. The van der Waals surface area contributed by atoms with Gasteiger partial charge in [-0.15, -0.1) is 0 Å². The van der Waals surface area contributed by atoms with Gasteiger partial charge in [-0.25, -0.2) is 4.79 Å². The Hall–Kier alpha value is -3.32. The first-order valence-electron chi connectivity index (χ1n) is 10.6. The molecule has 2 amide bonds. The van der Waals surface area contributed by atoms with E-state index in [1.54, 1.807) is 32.4 Å². The van der Waals surface area contributed by atoms with E-state index in [2.05, 4.69) is 39.6 Å². The maximum atomic E-state index is 13.0. The standard InChI is InChI=1S/C24H25ClN4O3/c1-31-17-6-7-20-18(15-17)27-24(22-4-3-11-29(20)22)9-12-28(13-10-24)23(30)26-19-14-16(25)5-8-21(19)32-2/h3-8,11,14-15,27H,9-10,12-13H2,1-2H3,(H,26,30). The van der Waals surface area contributed by atoms with E-state index in [1.165, 1.54) is 5.69 Å². The number of rotatable bonds is 3. The summed E-state index contributed by atoms with van der Waals surface area (Å²) < 4.78 is 13.0. The Morgan fingerprint density at radius 3 is 2.66 bits per heavy atom. The number of piperidine rings is 1. The molecule has 2 N–H and O–H groups in total. The van der Waals surface area contributed by atoms with Gasteiger partial charge in [0, 0.05) is 36.1 Å². The van der Waals surface area contributed by atoms with Crippen molar-refractivity contribution in [1.29, 1.82) is 0 Å². The zero-order valence-corrected chi connectivity index (χ0v) is 18.8. The van der Waals surface area contributed by atoms with Crippen LogP contribution in [0, 0.1) is 0 Å². The number of fused-ring (bicyclic) bond motifs is 4. The highest BCUT2D eigenvalue weighted by Crippen LogP contribution is 2.44. The molecule has 1 spiro atoms. The van der Waals surface area contributed by atoms with Crippen molar-refractivity contribution in [2.75, 3.05) is 37.9 Å². The minimum Gasteiger partial charge on any atom is -0.497 e. The monoisotopic (exact) mass is 452 g/mol. The number of aromatic nitrogens is 1. The van der Waals surface area contributed by atoms with E-state index in [4.69, 9.17) is 21.1 Å². The second-order valence-electron chi connectivity index (χ2n) is 8.12. The van der Waals surface area contributed by atoms with Crippen LogP contribution in [0.3, 0.4) is 0 Å². The van der Waals surface area contributed by atoms with Gasteiger partial charge >= 0.3 is 6.03 Å². The molecule has 0 saturated carbocycles. The fourth-order valence-corrected chi connectivity index (χ4v) is 4.87. The largest absolute Gasteiger partial charge is 0.497 e. The van der Waals surface area contributed by atoms with Crippen LogP contribution in [-0.2, 0) is 5.54 Å². The molecule has 0 bridgehead atoms. The number of benzene rings is 2. The predicted octanol–water partition coefficient (Wildman–Crippen LogP) is 5.10. The number of likely N-dealkylation sites (tertiary alicyclic amines) is 1. The minimum atomic E-state index is -0.243. The third-order valence-corrected chi connectivity index (χ3v) is 6.62. The maximum absolute atomic E-state index is 13.0. The highest BCUT2D eigenvalue weighted by Gasteiger charge is 2.42. The van der Waals surface area contributed by atoms with Crippen LogP contribution in [-0.4, -0.2) is 42.8 Å². The molecular weight excluding hydrogens is 428 g/mol. The van der Waals surface area contributed by atoms with Crippen molar-refractivity contribution < 1.29 is 14.3 Å². The van der Waals surface area contributed by atoms with Gasteiger partial charge in [0.15, 0.2) is 0 Å². The SMILES string of the molecule is COc1ccc2c(c1)NC1(CCN(C(=O)Nc3cc(Cl)ccc3OC)CC1)c1cccn1-2. The van der Waals surface area contributed by atoms with E-state index >= 15 is 0 Å². The number of carbonyl (C=O) groups excluding carboxylic acids is 1. The third kappa shape index (κ3) is 3.42. The first kappa shape index (κ1) is 20.6. The summed E-state index contributed by atoms with van der Waals surface area (Å²) in [5.74, 6) is 1.39. The first-order valence-corrected chi connectivity index (χ1v) is 10.9. The molecule has 2 aromatic carbocycles. The minimum absolute atomic E-state index is 0.159. The smallest absolute Gasteiger partial charge is 0.321 e. The van der Waals surface area contributed by atoms with E-state index < -0.39 is 0 Å². The van der Waals surface area contributed by atoms with Crippen molar-refractivity contribution >= 4 is 29.0 Å². The fraction of sp³-hybridized carbons (Fsp3) is 0.292. The van der Waals surface area contributed by atoms with Gasteiger partial charge in [-0.1, -0.05) is 11.6 Å². The van der Waals surface area contributed by atoms with E-state index in [0.717, 1.165) is 30.0 Å². The molecule has 0 unspecified atom stereocenters. The number of nitrogens with zero attached hydrogens (tertiary/aromatic N) is 2. The van der Waals surface area contributed by atoms with Gasteiger partial charge in [-0.2, -0.15) is 0 Å². The zero-order chi connectivity index (χ0) is 22.3. The number of hydrogen-bond acceptors (Lipinski definition) is 4. The molecular formula is C24H25ClN4O3. The Balaban J connectivity index is 1.35. The number of carbonyl (C=O) groups is 1. The predicted molar refractivity (Wildman–Crippen MR) is 125 cm³/mol. The Bertz CT molecular complexity index is 1170. The van der Waals surface area contributed by atoms with Crippen molar-refractivity contribution in [3.05, 3.63) is 65.4 Å².